The Labute approximate surface area is 111 Å². The van der Waals surface area contributed by atoms with Crippen LogP contribution in [-0.2, 0) is 0 Å². The first kappa shape index (κ1) is 14.3. The summed E-state index contributed by atoms with van der Waals surface area (Å²) in [6.45, 7) is 7.86. The zero-order valence-corrected chi connectivity index (χ0v) is 11.9. The summed E-state index contributed by atoms with van der Waals surface area (Å²) in [5, 5.41) is 19.7. The van der Waals surface area contributed by atoms with Gasteiger partial charge in [0.1, 0.15) is 0 Å². The van der Waals surface area contributed by atoms with Gasteiger partial charge in [-0.05, 0) is 49.5 Å². The maximum Gasteiger partial charge on any atom is 0.0631 e. The third-order valence-corrected chi connectivity index (χ3v) is 5.00. The Hall–Kier alpha value is -0.120. The normalized spacial score (nSPS) is 37.7. The highest BCUT2D eigenvalue weighted by atomic mass is 16.3. The summed E-state index contributed by atoms with van der Waals surface area (Å²) in [7, 11) is 0. The third-order valence-electron chi connectivity index (χ3n) is 5.00. The van der Waals surface area contributed by atoms with Gasteiger partial charge in [-0.3, -0.25) is 0 Å². The standard InChI is InChI=1S/C15H29NO2/c1-15(2)7-3-6-13(14(15)18)10-16-8-4-5-12(9-16)11-17/h12-14,17-18H,3-11H2,1-2H3. The zero-order valence-electron chi connectivity index (χ0n) is 11.9. The lowest BCUT2D eigenvalue weighted by Gasteiger charge is -2.43. The summed E-state index contributed by atoms with van der Waals surface area (Å²) in [4.78, 5) is 2.46. The van der Waals surface area contributed by atoms with Gasteiger partial charge < -0.3 is 15.1 Å². The van der Waals surface area contributed by atoms with Crippen LogP contribution in [0.1, 0.15) is 46.0 Å². The number of rotatable bonds is 3. The Bertz CT molecular complexity index is 267. The highest BCUT2D eigenvalue weighted by Gasteiger charge is 2.38. The monoisotopic (exact) mass is 255 g/mol. The van der Waals surface area contributed by atoms with Gasteiger partial charge in [0.2, 0.25) is 0 Å². The van der Waals surface area contributed by atoms with Gasteiger partial charge in [-0.1, -0.05) is 20.3 Å². The van der Waals surface area contributed by atoms with Gasteiger partial charge >= 0.3 is 0 Å². The Morgan fingerprint density at radius 3 is 2.72 bits per heavy atom. The maximum atomic E-state index is 10.5. The van der Waals surface area contributed by atoms with Crippen LogP contribution in [0.3, 0.4) is 0 Å². The minimum absolute atomic E-state index is 0.0785. The lowest BCUT2D eigenvalue weighted by molar-refractivity contribution is -0.0472. The predicted molar refractivity (Wildman–Crippen MR) is 73.4 cm³/mol. The predicted octanol–water partition coefficient (Wildman–Crippen LogP) is 1.88. The Balaban J connectivity index is 1.88. The fourth-order valence-electron chi connectivity index (χ4n) is 3.75. The van der Waals surface area contributed by atoms with Crippen molar-refractivity contribution in [2.45, 2.75) is 52.1 Å². The summed E-state index contributed by atoms with van der Waals surface area (Å²) in [6, 6.07) is 0. The number of aliphatic hydroxyl groups excluding tert-OH is 2. The van der Waals surface area contributed by atoms with Crippen LogP contribution in [0.5, 0.6) is 0 Å². The summed E-state index contributed by atoms with van der Waals surface area (Å²) in [6.07, 6.45) is 5.73. The van der Waals surface area contributed by atoms with Crippen LogP contribution < -0.4 is 0 Å². The van der Waals surface area contributed by atoms with E-state index in [9.17, 15) is 10.2 Å². The van der Waals surface area contributed by atoms with Gasteiger partial charge in [0.25, 0.3) is 0 Å². The molecule has 2 rings (SSSR count). The van der Waals surface area contributed by atoms with Gasteiger partial charge in [0.05, 0.1) is 6.10 Å². The van der Waals surface area contributed by atoms with Crippen molar-refractivity contribution in [3.63, 3.8) is 0 Å². The summed E-state index contributed by atoms with van der Waals surface area (Å²) < 4.78 is 0. The Morgan fingerprint density at radius 1 is 1.22 bits per heavy atom. The second kappa shape index (κ2) is 5.89. The molecule has 0 aromatic rings. The first-order chi connectivity index (χ1) is 8.53. The molecule has 1 heterocycles. The van der Waals surface area contributed by atoms with E-state index in [0.29, 0.717) is 18.4 Å². The van der Waals surface area contributed by atoms with Crippen molar-refractivity contribution in [1.29, 1.82) is 0 Å². The quantitative estimate of drug-likeness (QED) is 0.809. The molecule has 1 saturated carbocycles. The van der Waals surface area contributed by atoms with E-state index in [-0.39, 0.29) is 11.5 Å². The molecule has 3 nitrogen and oxygen atoms in total. The molecule has 3 atom stereocenters. The molecule has 1 aliphatic carbocycles. The fourth-order valence-corrected chi connectivity index (χ4v) is 3.75. The molecule has 3 unspecified atom stereocenters. The minimum Gasteiger partial charge on any atom is -0.396 e. The molecule has 2 fully saturated rings. The van der Waals surface area contributed by atoms with Crippen LogP contribution in [0, 0.1) is 17.3 Å². The van der Waals surface area contributed by atoms with E-state index in [1.165, 1.54) is 12.8 Å². The first-order valence-electron chi connectivity index (χ1n) is 7.54. The van der Waals surface area contributed by atoms with Crippen LogP contribution in [0.15, 0.2) is 0 Å². The molecule has 106 valence electrons. The van der Waals surface area contributed by atoms with Gasteiger partial charge in [-0.25, -0.2) is 0 Å². The zero-order chi connectivity index (χ0) is 13.2. The Kier molecular flexibility index (Phi) is 4.68. The van der Waals surface area contributed by atoms with Crippen LogP contribution in [0.25, 0.3) is 0 Å². The molecule has 1 saturated heterocycles. The van der Waals surface area contributed by atoms with E-state index in [1.54, 1.807) is 0 Å². The van der Waals surface area contributed by atoms with E-state index in [0.717, 1.165) is 38.9 Å². The average molecular weight is 255 g/mol. The second-order valence-corrected chi connectivity index (χ2v) is 7.04. The number of hydrogen-bond acceptors (Lipinski definition) is 3. The van der Waals surface area contributed by atoms with Crippen LogP contribution in [-0.4, -0.2) is 47.5 Å². The molecule has 0 spiro atoms. The average Bonchev–Trinajstić information content (AvgIpc) is 2.35. The number of hydrogen-bond donors (Lipinski definition) is 2. The number of piperidine rings is 1. The van der Waals surface area contributed by atoms with Crippen molar-refractivity contribution in [3.8, 4) is 0 Å². The van der Waals surface area contributed by atoms with Crippen molar-refractivity contribution in [2.24, 2.45) is 17.3 Å². The fraction of sp³-hybridized carbons (Fsp3) is 1.00. The molecule has 2 aliphatic rings. The van der Waals surface area contributed by atoms with Crippen molar-refractivity contribution in [2.75, 3.05) is 26.2 Å². The van der Waals surface area contributed by atoms with Gasteiger partial charge in [0, 0.05) is 19.7 Å². The SMILES string of the molecule is CC1(C)CCCC(CN2CCCC(CO)C2)C1O. The molecular formula is C15H29NO2. The lowest BCUT2D eigenvalue weighted by atomic mass is 9.69. The first-order valence-corrected chi connectivity index (χ1v) is 7.54. The number of likely N-dealkylation sites (tertiary alicyclic amines) is 1. The van der Waals surface area contributed by atoms with Crippen LogP contribution in [0.4, 0.5) is 0 Å². The molecule has 0 aromatic carbocycles. The topological polar surface area (TPSA) is 43.7 Å². The number of nitrogens with zero attached hydrogens (tertiary/aromatic N) is 1. The largest absolute Gasteiger partial charge is 0.396 e. The summed E-state index contributed by atoms with van der Waals surface area (Å²) in [5.41, 5.74) is 0.0785. The molecule has 0 radical (unpaired) electrons. The van der Waals surface area contributed by atoms with E-state index < -0.39 is 0 Å². The third kappa shape index (κ3) is 3.25. The van der Waals surface area contributed by atoms with Crippen molar-refractivity contribution in [3.05, 3.63) is 0 Å². The van der Waals surface area contributed by atoms with Gasteiger partial charge in [0.15, 0.2) is 0 Å². The van der Waals surface area contributed by atoms with Gasteiger partial charge in [-0.15, -0.1) is 0 Å². The van der Waals surface area contributed by atoms with E-state index in [2.05, 4.69) is 18.7 Å². The van der Waals surface area contributed by atoms with Crippen molar-refractivity contribution < 1.29 is 10.2 Å². The molecule has 18 heavy (non-hydrogen) atoms. The van der Waals surface area contributed by atoms with E-state index >= 15 is 0 Å². The minimum atomic E-state index is -0.166. The van der Waals surface area contributed by atoms with E-state index in [1.807, 2.05) is 0 Å². The maximum absolute atomic E-state index is 10.5. The highest BCUT2D eigenvalue weighted by molar-refractivity contribution is 4.90. The molecule has 0 aromatic heterocycles. The molecule has 0 amide bonds. The van der Waals surface area contributed by atoms with Crippen LogP contribution >= 0.6 is 0 Å². The molecule has 3 heteroatoms. The van der Waals surface area contributed by atoms with Crippen molar-refractivity contribution in [1.82, 2.24) is 4.90 Å². The van der Waals surface area contributed by atoms with Crippen LogP contribution in [0.2, 0.25) is 0 Å². The molecule has 0 bridgehead atoms. The van der Waals surface area contributed by atoms with Gasteiger partial charge in [-0.2, -0.15) is 0 Å². The summed E-state index contributed by atoms with van der Waals surface area (Å²) >= 11 is 0. The van der Waals surface area contributed by atoms with E-state index in [4.69, 9.17) is 0 Å². The molecule has 2 N–H and O–H groups in total. The molecular weight excluding hydrogens is 226 g/mol. The Morgan fingerprint density at radius 2 is 2.00 bits per heavy atom. The van der Waals surface area contributed by atoms with Crippen molar-refractivity contribution >= 4 is 0 Å². The molecule has 1 aliphatic heterocycles. The smallest absolute Gasteiger partial charge is 0.0631 e. The lowest BCUT2D eigenvalue weighted by Crippen LogP contribution is -2.47. The number of aliphatic hydroxyl groups is 2. The summed E-state index contributed by atoms with van der Waals surface area (Å²) in [5.74, 6) is 0.874. The second-order valence-electron chi connectivity index (χ2n) is 7.04. The highest BCUT2D eigenvalue weighted by Crippen LogP contribution is 2.39.